The molecule has 1 amide bonds. The molecule has 7 heteroatoms. The number of carbonyl (C=O) groups excluding carboxylic acids is 1. The second-order valence-corrected chi connectivity index (χ2v) is 7.05. The van der Waals surface area contributed by atoms with Crippen LogP contribution in [0.1, 0.15) is 27.3 Å². The molecule has 2 aromatic carbocycles. The van der Waals surface area contributed by atoms with Crippen LogP contribution in [0.2, 0.25) is 5.02 Å². The predicted molar refractivity (Wildman–Crippen MR) is 116 cm³/mol. The number of rotatable bonds is 5. The molecule has 0 radical (unpaired) electrons. The fraction of sp³-hybridized carbons (Fsp3) is 0.0870. The van der Waals surface area contributed by atoms with Gasteiger partial charge in [-0.2, -0.15) is 5.26 Å². The smallest absolute Gasteiger partial charge is 0.337 e. The van der Waals surface area contributed by atoms with Gasteiger partial charge in [0.2, 0.25) is 0 Å². The summed E-state index contributed by atoms with van der Waals surface area (Å²) in [6.45, 7) is 3.65. The van der Waals surface area contributed by atoms with Gasteiger partial charge in [0.15, 0.2) is 0 Å². The molecule has 2 N–H and O–H groups in total. The van der Waals surface area contributed by atoms with Crippen molar-refractivity contribution in [3.63, 3.8) is 0 Å². The minimum Gasteiger partial charge on any atom is -0.478 e. The van der Waals surface area contributed by atoms with Crippen LogP contribution >= 0.6 is 11.6 Å². The molecule has 0 saturated heterocycles. The van der Waals surface area contributed by atoms with Crippen molar-refractivity contribution in [3.8, 4) is 11.8 Å². The molecule has 0 aliphatic carbocycles. The van der Waals surface area contributed by atoms with E-state index in [0.29, 0.717) is 27.7 Å². The summed E-state index contributed by atoms with van der Waals surface area (Å²) in [7, 11) is 0. The third-order valence-corrected chi connectivity index (χ3v) is 4.86. The van der Waals surface area contributed by atoms with Gasteiger partial charge in [-0.25, -0.2) is 4.79 Å². The van der Waals surface area contributed by atoms with E-state index in [9.17, 15) is 20.0 Å². The number of anilines is 1. The van der Waals surface area contributed by atoms with E-state index in [1.807, 2.05) is 19.9 Å². The molecular weight excluding hydrogens is 402 g/mol. The lowest BCUT2D eigenvalue weighted by molar-refractivity contribution is -0.112. The molecular formula is C23H18ClN3O3. The van der Waals surface area contributed by atoms with Crippen molar-refractivity contribution in [2.24, 2.45) is 0 Å². The molecule has 1 aromatic heterocycles. The first-order valence-corrected chi connectivity index (χ1v) is 9.40. The minimum atomic E-state index is -1.03. The Labute approximate surface area is 178 Å². The van der Waals surface area contributed by atoms with Gasteiger partial charge in [-0.15, -0.1) is 0 Å². The Bertz CT molecular complexity index is 1200. The first kappa shape index (κ1) is 20.9. The molecule has 30 heavy (non-hydrogen) atoms. The normalized spacial score (nSPS) is 11.1. The fourth-order valence-corrected chi connectivity index (χ4v) is 3.32. The second kappa shape index (κ2) is 8.68. The molecule has 0 bridgehead atoms. The Morgan fingerprint density at radius 2 is 1.80 bits per heavy atom. The molecule has 150 valence electrons. The molecule has 0 saturated carbocycles. The summed E-state index contributed by atoms with van der Waals surface area (Å²) in [5, 5.41) is 22.2. The van der Waals surface area contributed by atoms with Crippen LogP contribution in [0.4, 0.5) is 5.69 Å². The number of aromatic nitrogens is 1. The average Bonchev–Trinajstić information content (AvgIpc) is 3.00. The van der Waals surface area contributed by atoms with Crippen molar-refractivity contribution < 1.29 is 14.7 Å². The Kier molecular flexibility index (Phi) is 6.05. The van der Waals surface area contributed by atoms with E-state index in [1.165, 1.54) is 12.1 Å². The van der Waals surface area contributed by atoms with Crippen LogP contribution in [-0.2, 0) is 4.79 Å². The molecule has 0 unspecified atom stereocenters. The number of carboxylic acid groups (broad SMARTS) is 1. The van der Waals surface area contributed by atoms with Crippen molar-refractivity contribution in [2.45, 2.75) is 13.8 Å². The summed E-state index contributed by atoms with van der Waals surface area (Å²) < 4.78 is 1.79. The number of nitriles is 1. The molecule has 0 atom stereocenters. The van der Waals surface area contributed by atoms with Gasteiger partial charge in [-0.3, -0.25) is 4.79 Å². The molecule has 3 aromatic rings. The van der Waals surface area contributed by atoms with Crippen LogP contribution < -0.4 is 5.32 Å². The highest BCUT2D eigenvalue weighted by molar-refractivity contribution is 6.30. The van der Waals surface area contributed by atoms with Crippen LogP contribution in [-0.4, -0.2) is 21.6 Å². The SMILES string of the molecule is Cc1cc(C=C(C#N)C(=O)Nc2ccc(Cl)cc2)c(C)n1-c1ccccc1C(=O)O. The van der Waals surface area contributed by atoms with Crippen LogP contribution in [0.5, 0.6) is 0 Å². The third-order valence-electron chi connectivity index (χ3n) is 4.61. The van der Waals surface area contributed by atoms with Gasteiger partial charge in [0.1, 0.15) is 11.6 Å². The lowest BCUT2D eigenvalue weighted by Crippen LogP contribution is -2.13. The third kappa shape index (κ3) is 4.27. The quantitative estimate of drug-likeness (QED) is 0.449. The first-order valence-electron chi connectivity index (χ1n) is 9.02. The van der Waals surface area contributed by atoms with E-state index in [4.69, 9.17) is 11.6 Å². The Balaban J connectivity index is 1.98. The number of hydrogen-bond acceptors (Lipinski definition) is 3. The van der Waals surface area contributed by atoms with Crippen LogP contribution in [0.3, 0.4) is 0 Å². The zero-order chi connectivity index (χ0) is 21.8. The highest BCUT2D eigenvalue weighted by atomic mass is 35.5. The number of hydrogen-bond donors (Lipinski definition) is 2. The molecule has 0 aliphatic heterocycles. The van der Waals surface area contributed by atoms with E-state index in [-0.39, 0.29) is 11.1 Å². The number of nitrogens with one attached hydrogen (secondary N) is 1. The van der Waals surface area contributed by atoms with Gasteiger partial charge in [0, 0.05) is 22.1 Å². The molecule has 3 rings (SSSR count). The summed E-state index contributed by atoms with van der Waals surface area (Å²) in [4.78, 5) is 24.1. The minimum absolute atomic E-state index is 0.0725. The number of benzene rings is 2. The van der Waals surface area contributed by atoms with Crippen molar-refractivity contribution in [1.82, 2.24) is 4.57 Å². The summed E-state index contributed by atoms with van der Waals surface area (Å²) in [6.07, 6.45) is 1.49. The van der Waals surface area contributed by atoms with Crippen LogP contribution in [0, 0.1) is 25.2 Å². The van der Waals surface area contributed by atoms with Crippen LogP contribution in [0.15, 0.2) is 60.2 Å². The molecule has 0 aliphatic rings. The van der Waals surface area contributed by atoms with E-state index < -0.39 is 11.9 Å². The largest absolute Gasteiger partial charge is 0.478 e. The molecule has 0 fully saturated rings. The number of aryl methyl sites for hydroxylation is 1. The van der Waals surface area contributed by atoms with Crippen molar-refractivity contribution >= 4 is 35.2 Å². The van der Waals surface area contributed by atoms with Crippen molar-refractivity contribution in [1.29, 1.82) is 5.26 Å². The average molecular weight is 420 g/mol. The maximum Gasteiger partial charge on any atom is 0.337 e. The van der Waals surface area contributed by atoms with E-state index >= 15 is 0 Å². The second-order valence-electron chi connectivity index (χ2n) is 6.62. The summed E-state index contributed by atoms with van der Waals surface area (Å²) in [5.74, 6) is -1.58. The zero-order valence-corrected chi connectivity index (χ0v) is 17.1. The molecule has 0 spiro atoms. The highest BCUT2D eigenvalue weighted by Gasteiger charge is 2.17. The monoisotopic (exact) mass is 419 g/mol. The maximum absolute atomic E-state index is 12.5. The van der Waals surface area contributed by atoms with E-state index in [0.717, 1.165) is 5.69 Å². The number of carboxylic acids is 1. The predicted octanol–water partition coefficient (Wildman–Crippen LogP) is 4.99. The highest BCUT2D eigenvalue weighted by Crippen LogP contribution is 2.25. The molecule has 6 nitrogen and oxygen atoms in total. The Hall–Kier alpha value is -3.82. The maximum atomic E-state index is 12.5. The first-order chi connectivity index (χ1) is 14.3. The number of amides is 1. The van der Waals surface area contributed by atoms with Crippen molar-refractivity contribution in [3.05, 3.63) is 87.7 Å². The zero-order valence-electron chi connectivity index (χ0n) is 16.3. The van der Waals surface area contributed by atoms with Gasteiger partial charge < -0.3 is 15.0 Å². The lowest BCUT2D eigenvalue weighted by atomic mass is 10.1. The number of para-hydroxylation sites is 1. The number of carbonyl (C=O) groups is 2. The fourth-order valence-electron chi connectivity index (χ4n) is 3.19. The number of halogens is 1. The van der Waals surface area contributed by atoms with Gasteiger partial charge in [-0.05, 0) is 68.0 Å². The summed E-state index contributed by atoms with van der Waals surface area (Å²) in [6, 6.07) is 17.0. The lowest BCUT2D eigenvalue weighted by Gasteiger charge is -2.12. The van der Waals surface area contributed by atoms with Gasteiger partial charge in [-0.1, -0.05) is 23.7 Å². The van der Waals surface area contributed by atoms with Crippen molar-refractivity contribution in [2.75, 3.05) is 5.32 Å². The topological polar surface area (TPSA) is 95.1 Å². The summed E-state index contributed by atoms with van der Waals surface area (Å²) >= 11 is 5.85. The van der Waals surface area contributed by atoms with Gasteiger partial charge in [0.05, 0.1) is 11.3 Å². The molecule has 1 heterocycles. The van der Waals surface area contributed by atoms with Crippen LogP contribution in [0.25, 0.3) is 11.8 Å². The Morgan fingerprint density at radius 3 is 2.43 bits per heavy atom. The van der Waals surface area contributed by atoms with E-state index in [2.05, 4.69) is 5.32 Å². The Morgan fingerprint density at radius 1 is 1.13 bits per heavy atom. The number of aromatic carboxylic acids is 1. The number of nitrogens with zero attached hydrogens (tertiary/aromatic N) is 2. The van der Waals surface area contributed by atoms with Gasteiger partial charge in [0.25, 0.3) is 5.91 Å². The van der Waals surface area contributed by atoms with E-state index in [1.54, 1.807) is 53.1 Å². The van der Waals surface area contributed by atoms with Gasteiger partial charge >= 0.3 is 5.97 Å². The standard InChI is InChI=1S/C23H18ClN3O3/c1-14-11-16(15(2)27(14)21-6-4-3-5-20(21)23(29)30)12-17(13-25)22(28)26-19-9-7-18(24)8-10-19/h3-12H,1-2H3,(H,26,28)(H,29,30). The summed E-state index contributed by atoms with van der Waals surface area (Å²) in [5.41, 5.74) is 3.27.